The number of amides is 2. The van der Waals surface area contributed by atoms with Crippen LogP contribution in [0.4, 0.5) is 16.4 Å². The van der Waals surface area contributed by atoms with Crippen LogP contribution in [0.25, 0.3) is 0 Å². The van der Waals surface area contributed by atoms with E-state index in [-0.39, 0.29) is 18.0 Å². The minimum atomic E-state index is -0.268. The molecule has 0 radical (unpaired) electrons. The summed E-state index contributed by atoms with van der Waals surface area (Å²) in [5.41, 5.74) is 1.18. The molecule has 29 heavy (non-hydrogen) atoms. The number of carbonyl (C=O) groups excluding carboxylic acids is 2. The van der Waals surface area contributed by atoms with Gasteiger partial charge in [0.2, 0.25) is 5.95 Å². The zero-order chi connectivity index (χ0) is 20.6. The number of piperidine rings is 1. The standard InChI is InChI=1S/C21H27N5O3/c1-3-26(17-8-6-5-7-9-17)19(27)18-10-13-22-20(24-18)23-16-11-14-25(15-12-16)21(28)29-4-2/h5-10,13,16H,3-4,11-12,14-15H2,1-2H3,(H,22,23,24). The molecule has 2 aromatic rings. The van der Waals surface area contributed by atoms with Crippen molar-refractivity contribution in [3.05, 3.63) is 48.3 Å². The number of hydrogen-bond acceptors (Lipinski definition) is 6. The van der Waals surface area contributed by atoms with Crippen LogP contribution in [0.3, 0.4) is 0 Å². The predicted octanol–water partition coefficient (Wildman–Crippen LogP) is 3.18. The quantitative estimate of drug-likeness (QED) is 0.806. The largest absolute Gasteiger partial charge is 0.450 e. The van der Waals surface area contributed by atoms with Crippen molar-refractivity contribution >= 4 is 23.6 Å². The lowest BCUT2D eigenvalue weighted by atomic mass is 10.1. The van der Waals surface area contributed by atoms with Gasteiger partial charge in [-0.2, -0.15) is 0 Å². The zero-order valence-corrected chi connectivity index (χ0v) is 16.9. The van der Waals surface area contributed by atoms with Crippen molar-refractivity contribution in [1.82, 2.24) is 14.9 Å². The maximum Gasteiger partial charge on any atom is 0.409 e. The lowest BCUT2D eigenvalue weighted by Gasteiger charge is -2.31. The maximum absolute atomic E-state index is 13.0. The second-order valence-corrected chi connectivity index (χ2v) is 6.76. The van der Waals surface area contributed by atoms with Crippen LogP contribution in [0.15, 0.2) is 42.6 Å². The lowest BCUT2D eigenvalue weighted by molar-refractivity contribution is 0.0973. The van der Waals surface area contributed by atoms with Gasteiger partial charge < -0.3 is 19.9 Å². The Morgan fingerprint density at radius 3 is 2.55 bits per heavy atom. The molecule has 0 saturated carbocycles. The van der Waals surface area contributed by atoms with Crippen molar-refractivity contribution in [2.75, 3.05) is 36.5 Å². The molecule has 1 fully saturated rings. The summed E-state index contributed by atoms with van der Waals surface area (Å²) in [5.74, 6) is 0.260. The summed E-state index contributed by atoms with van der Waals surface area (Å²) < 4.78 is 5.05. The highest BCUT2D eigenvalue weighted by atomic mass is 16.6. The van der Waals surface area contributed by atoms with E-state index in [0.29, 0.717) is 37.9 Å². The number of benzene rings is 1. The van der Waals surface area contributed by atoms with Gasteiger partial charge >= 0.3 is 6.09 Å². The first kappa shape index (κ1) is 20.6. The smallest absolute Gasteiger partial charge is 0.409 e. The SMILES string of the molecule is CCOC(=O)N1CCC(Nc2nccc(C(=O)N(CC)c3ccccc3)n2)CC1. The Kier molecular flexibility index (Phi) is 6.99. The molecule has 3 rings (SSSR count). The highest BCUT2D eigenvalue weighted by Crippen LogP contribution is 2.18. The van der Waals surface area contributed by atoms with Gasteiger partial charge in [-0.05, 0) is 44.9 Å². The Bertz CT molecular complexity index is 822. The van der Waals surface area contributed by atoms with E-state index in [4.69, 9.17) is 4.74 Å². The number of aromatic nitrogens is 2. The van der Waals surface area contributed by atoms with Crippen LogP contribution in [0.1, 0.15) is 37.2 Å². The second-order valence-electron chi connectivity index (χ2n) is 6.76. The molecule has 1 aromatic carbocycles. The molecule has 1 aliphatic heterocycles. The molecule has 154 valence electrons. The third-order valence-corrected chi connectivity index (χ3v) is 4.86. The van der Waals surface area contributed by atoms with Crippen LogP contribution >= 0.6 is 0 Å². The first-order valence-corrected chi connectivity index (χ1v) is 10.0. The topological polar surface area (TPSA) is 87.7 Å². The molecule has 0 aliphatic carbocycles. The number of nitrogens with one attached hydrogen (secondary N) is 1. The van der Waals surface area contributed by atoms with Gasteiger partial charge in [0.05, 0.1) is 6.61 Å². The fourth-order valence-electron chi connectivity index (χ4n) is 3.34. The fourth-order valence-corrected chi connectivity index (χ4v) is 3.34. The predicted molar refractivity (Wildman–Crippen MR) is 111 cm³/mol. The van der Waals surface area contributed by atoms with Gasteiger partial charge in [-0.1, -0.05) is 18.2 Å². The van der Waals surface area contributed by atoms with E-state index in [1.54, 1.807) is 29.0 Å². The maximum atomic E-state index is 13.0. The van der Waals surface area contributed by atoms with Crippen molar-refractivity contribution in [2.24, 2.45) is 0 Å². The van der Waals surface area contributed by atoms with Gasteiger partial charge in [-0.25, -0.2) is 14.8 Å². The number of para-hydroxylation sites is 1. The number of ether oxygens (including phenoxy) is 1. The van der Waals surface area contributed by atoms with Crippen LogP contribution in [-0.2, 0) is 4.74 Å². The zero-order valence-electron chi connectivity index (χ0n) is 16.9. The van der Waals surface area contributed by atoms with E-state index >= 15 is 0 Å². The molecule has 0 spiro atoms. The van der Waals surface area contributed by atoms with E-state index in [2.05, 4.69) is 15.3 Å². The van der Waals surface area contributed by atoms with Crippen molar-refractivity contribution in [2.45, 2.75) is 32.7 Å². The van der Waals surface area contributed by atoms with Gasteiger partial charge in [-0.3, -0.25) is 4.79 Å². The molecule has 2 heterocycles. The highest BCUT2D eigenvalue weighted by Gasteiger charge is 2.24. The molecule has 1 aliphatic rings. The number of carbonyl (C=O) groups is 2. The van der Waals surface area contributed by atoms with Gasteiger partial charge in [0.25, 0.3) is 5.91 Å². The van der Waals surface area contributed by atoms with E-state index in [9.17, 15) is 9.59 Å². The average Bonchev–Trinajstić information content (AvgIpc) is 2.76. The van der Waals surface area contributed by atoms with Gasteiger partial charge in [0, 0.05) is 37.6 Å². The number of rotatable bonds is 6. The number of nitrogens with zero attached hydrogens (tertiary/aromatic N) is 4. The van der Waals surface area contributed by atoms with Crippen LogP contribution in [-0.4, -0.2) is 59.2 Å². The van der Waals surface area contributed by atoms with Crippen LogP contribution in [0.2, 0.25) is 0 Å². The van der Waals surface area contributed by atoms with Gasteiger partial charge in [0.1, 0.15) is 5.69 Å². The van der Waals surface area contributed by atoms with Crippen molar-refractivity contribution in [1.29, 1.82) is 0 Å². The highest BCUT2D eigenvalue weighted by molar-refractivity contribution is 6.04. The van der Waals surface area contributed by atoms with Gasteiger partial charge in [-0.15, -0.1) is 0 Å². The van der Waals surface area contributed by atoms with Gasteiger partial charge in [0.15, 0.2) is 0 Å². The normalized spacial score (nSPS) is 14.3. The Morgan fingerprint density at radius 2 is 1.90 bits per heavy atom. The number of anilines is 2. The van der Waals surface area contributed by atoms with Crippen molar-refractivity contribution in [3.63, 3.8) is 0 Å². The van der Waals surface area contributed by atoms with E-state index in [0.717, 1.165) is 18.5 Å². The lowest BCUT2D eigenvalue weighted by Crippen LogP contribution is -2.42. The minimum Gasteiger partial charge on any atom is -0.450 e. The fraction of sp³-hybridized carbons (Fsp3) is 0.429. The molecule has 0 bridgehead atoms. The molecule has 8 heteroatoms. The van der Waals surface area contributed by atoms with Crippen molar-refractivity contribution < 1.29 is 14.3 Å². The molecular formula is C21H27N5O3. The number of likely N-dealkylation sites (tertiary alicyclic amines) is 1. The van der Waals surface area contributed by atoms with Crippen molar-refractivity contribution in [3.8, 4) is 0 Å². The first-order valence-electron chi connectivity index (χ1n) is 10.0. The molecule has 2 amide bonds. The summed E-state index contributed by atoms with van der Waals surface area (Å²) in [4.78, 5) is 36.8. The van der Waals surface area contributed by atoms with E-state index in [1.165, 1.54) is 0 Å². The molecule has 8 nitrogen and oxygen atoms in total. The first-order chi connectivity index (χ1) is 14.1. The molecular weight excluding hydrogens is 370 g/mol. The van der Waals surface area contributed by atoms with Crippen LogP contribution < -0.4 is 10.2 Å². The summed E-state index contributed by atoms with van der Waals surface area (Å²) in [6.45, 7) is 5.89. The summed E-state index contributed by atoms with van der Waals surface area (Å²) in [7, 11) is 0. The summed E-state index contributed by atoms with van der Waals surface area (Å²) in [5, 5.41) is 3.29. The summed E-state index contributed by atoms with van der Waals surface area (Å²) >= 11 is 0. The van der Waals surface area contributed by atoms with Crippen LogP contribution in [0.5, 0.6) is 0 Å². The van der Waals surface area contributed by atoms with E-state index < -0.39 is 0 Å². The molecule has 1 saturated heterocycles. The summed E-state index contributed by atoms with van der Waals surface area (Å²) in [6, 6.07) is 11.3. The molecule has 1 N–H and O–H groups in total. The second kappa shape index (κ2) is 9.86. The third-order valence-electron chi connectivity index (χ3n) is 4.86. The van der Waals surface area contributed by atoms with Crippen LogP contribution in [0, 0.1) is 0 Å². The number of hydrogen-bond donors (Lipinski definition) is 1. The summed E-state index contributed by atoms with van der Waals surface area (Å²) in [6.07, 6.45) is 2.86. The van der Waals surface area contributed by atoms with E-state index in [1.807, 2.05) is 37.3 Å². The Hall–Kier alpha value is -3.16. The molecule has 1 aromatic heterocycles. The third kappa shape index (κ3) is 5.22. The Morgan fingerprint density at radius 1 is 1.17 bits per heavy atom. The molecule has 0 atom stereocenters. The monoisotopic (exact) mass is 397 g/mol. The Balaban J connectivity index is 1.63. The minimum absolute atomic E-state index is 0.141. The average molecular weight is 397 g/mol. The Labute approximate surface area is 170 Å². The molecule has 0 unspecified atom stereocenters.